The molecule has 9 nitrogen and oxygen atoms in total. The molecule has 1 saturated heterocycles. The van der Waals surface area contributed by atoms with Gasteiger partial charge in [0.15, 0.2) is 6.29 Å². The Kier molecular flexibility index (Phi) is 6.22. The zero-order valence-electron chi connectivity index (χ0n) is 18.8. The van der Waals surface area contributed by atoms with Gasteiger partial charge in [-0.2, -0.15) is 0 Å². The third kappa shape index (κ3) is 4.37. The number of ether oxygens (including phenoxy) is 3. The smallest absolute Gasteiger partial charge is 0.346 e. The van der Waals surface area contributed by atoms with Crippen molar-refractivity contribution in [3.63, 3.8) is 0 Å². The number of aliphatic hydroxyl groups is 3. The highest BCUT2D eigenvalue weighted by molar-refractivity contribution is 5.76. The molecule has 0 radical (unpaired) electrons. The maximum Gasteiger partial charge on any atom is 0.346 e. The lowest BCUT2D eigenvalue weighted by Crippen LogP contribution is -2.54. The van der Waals surface area contributed by atoms with E-state index in [1.807, 2.05) is 24.3 Å². The van der Waals surface area contributed by atoms with Crippen molar-refractivity contribution in [2.75, 3.05) is 19.0 Å². The number of hydrogen-bond donors (Lipinski definition) is 5. The fraction of sp³-hybridized carbons (Fsp3) is 0.480. The van der Waals surface area contributed by atoms with Crippen LogP contribution in [0.25, 0.3) is 0 Å². The summed E-state index contributed by atoms with van der Waals surface area (Å²) in [5.41, 5.74) is 4.81. The number of aliphatic hydroxyl groups excluding tert-OH is 3. The molecule has 2 heterocycles. The fourth-order valence-electron chi connectivity index (χ4n) is 4.75. The van der Waals surface area contributed by atoms with E-state index in [9.17, 15) is 25.2 Å². The predicted molar refractivity (Wildman–Crippen MR) is 121 cm³/mol. The van der Waals surface area contributed by atoms with Gasteiger partial charge in [0.2, 0.25) is 6.10 Å². The molecule has 2 fully saturated rings. The molecule has 2 aromatic carbocycles. The number of carbonyl (C=O) groups is 1. The van der Waals surface area contributed by atoms with Crippen molar-refractivity contribution < 1.29 is 39.4 Å². The van der Waals surface area contributed by atoms with E-state index in [4.69, 9.17) is 14.2 Å². The van der Waals surface area contributed by atoms with Crippen LogP contribution in [0.1, 0.15) is 47.1 Å². The van der Waals surface area contributed by atoms with E-state index in [2.05, 4.69) is 11.4 Å². The van der Waals surface area contributed by atoms with E-state index in [1.165, 1.54) is 12.7 Å². The van der Waals surface area contributed by atoms with Gasteiger partial charge in [-0.1, -0.05) is 24.3 Å². The number of carboxylic acids is 1. The minimum absolute atomic E-state index is 0.195. The second-order valence-electron chi connectivity index (χ2n) is 9.20. The predicted octanol–water partition coefficient (Wildman–Crippen LogP) is 1.54. The topological polar surface area (TPSA) is 138 Å². The van der Waals surface area contributed by atoms with Crippen LogP contribution in [0.2, 0.25) is 0 Å². The molecule has 5 rings (SSSR count). The molecule has 0 bridgehead atoms. The summed E-state index contributed by atoms with van der Waals surface area (Å²) in [6.07, 6.45) is -3.96. The third-order valence-electron chi connectivity index (χ3n) is 6.78. The van der Waals surface area contributed by atoms with Crippen LogP contribution in [0.15, 0.2) is 36.4 Å². The molecule has 0 aromatic heterocycles. The minimum atomic E-state index is -1.39. The molecule has 1 aliphatic carbocycles. The quantitative estimate of drug-likeness (QED) is 0.425. The number of hydrogen-bond acceptors (Lipinski definition) is 8. The van der Waals surface area contributed by atoms with Crippen molar-refractivity contribution in [2.24, 2.45) is 0 Å². The van der Waals surface area contributed by atoms with Crippen LogP contribution in [0.3, 0.4) is 0 Å². The maximum atomic E-state index is 11.2. The lowest BCUT2D eigenvalue weighted by atomic mass is 9.89. The highest BCUT2D eigenvalue weighted by atomic mass is 16.7. The first-order chi connectivity index (χ1) is 16.4. The van der Waals surface area contributed by atoms with Crippen LogP contribution in [-0.4, -0.2) is 70.8 Å². The van der Waals surface area contributed by atoms with Crippen LogP contribution < -0.4 is 10.1 Å². The molecule has 2 aliphatic heterocycles. The Morgan fingerprint density at radius 2 is 1.88 bits per heavy atom. The number of carboxylic acid groups (broad SMARTS) is 1. The second-order valence-corrected chi connectivity index (χ2v) is 9.20. The van der Waals surface area contributed by atoms with Gasteiger partial charge in [-0.15, -0.1) is 0 Å². The molecule has 9 heteroatoms. The monoisotopic (exact) mass is 471 g/mol. The second kappa shape index (κ2) is 9.16. The van der Waals surface area contributed by atoms with E-state index >= 15 is 0 Å². The average Bonchev–Trinajstić information content (AvgIpc) is 3.68. The molecule has 5 N–H and O–H groups in total. The van der Waals surface area contributed by atoms with Gasteiger partial charge in [0.05, 0.1) is 12.2 Å². The van der Waals surface area contributed by atoms with Crippen LogP contribution in [0.4, 0.5) is 5.69 Å². The van der Waals surface area contributed by atoms with Gasteiger partial charge < -0.3 is 40.0 Å². The summed E-state index contributed by atoms with van der Waals surface area (Å²) >= 11 is 0. The number of aliphatic carboxylic acids is 1. The number of benzene rings is 2. The van der Waals surface area contributed by atoms with Crippen LogP contribution in [0.5, 0.6) is 5.75 Å². The highest BCUT2D eigenvalue weighted by Crippen LogP contribution is 2.44. The molecule has 1 unspecified atom stereocenters. The molecule has 0 amide bonds. The first kappa shape index (κ1) is 23.1. The molecule has 34 heavy (non-hydrogen) atoms. The summed E-state index contributed by atoms with van der Waals surface area (Å²) in [4.78, 5) is 11.2. The zero-order chi connectivity index (χ0) is 24.0. The molecule has 182 valence electrons. The van der Waals surface area contributed by atoms with Crippen molar-refractivity contribution in [3.8, 4) is 5.75 Å². The number of nitrogens with one attached hydrogen (secondary N) is 1. The molecular weight excluding hydrogens is 442 g/mol. The van der Waals surface area contributed by atoms with E-state index in [1.54, 1.807) is 6.07 Å². The Bertz CT molecular complexity index is 1070. The van der Waals surface area contributed by atoms with Crippen molar-refractivity contribution >= 4 is 11.7 Å². The van der Waals surface area contributed by atoms with E-state index < -0.39 is 42.8 Å². The average molecular weight is 472 g/mol. The van der Waals surface area contributed by atoms with Gasteiger partial charge in [-0.25, -0.2) is 4.79 Å². The molecular formula is C25H29NO8. The lowest BCUT2D eigenvalue weighted by molar-refractivity contribution is -0.292. The van der Waals surface area contributed by atoms with Gasteiger partial charge in [0.25, 0.3) is 0 Å². The Morgan fingerprint density at radius 1 is 1.09 bits per heavy atom. The van der Waals surface area contributed by atoms with Crippen LogP contribution in [-0.2, 0) is 20.7 Å². The summed E-state index contributed by atoms with van der Waals surface area (Å²) < 4.78 is 16.5. The highest BCUT2D eigenvalue weighted by Gasteiger charge is 2.44. The van der Waals surface area contributed by atoms with Gasteiger partial charge in [-0.05, 0) is 59.6 Å². The van der Waals surface area contributed by atoms with Gasteiger partial charge in [0, 0.05) is 7.11 Å². The Morgan fingerprint density at radius 3 is 2.59 bits per heavy atom. The van der Waals surface area contributed by atoms with Crippen molar-refractivity contribution in [1.82, 2.24) is 0 Å². The largest absolute Gasteiger partial charge is 0.478 e. The van der Waals surface area contributed by atoms with Gasteiger partial charge in [-0.3, -0.25) is 0 Å². The normalized spacial score (nSPS) is 30.7. The summed E-state index contributed by atoms with van der Waals surface area (Å²) in [7, 11) is 1.38. The Labute approximate surface area is 196 Å². The Balaban J connectivity index is 1.42. The summed E-state index contributed by atoms with van der Waals surface area (Å²) in [5.74, 6) is -0.000160. The lowest BCUT2D eigenvalue weighted by Gasteiger charge is -2.40. The summed E-state index contributed by atoms with van der Waals surface area (Å²) in [6, 6.07) is 11.6. The molecule has 1 saturated carbocycles. The summed E-state index contributed by atoms with van der Waals surface area (Å²) in [5, 5.41) is 43.3. The maximum absolute atomic E-state index is 11.2. The standard InChI is InChI=1S/C25H29NO8/c1-32-25-22(29)20(27)21(28)23(34-25)14-5-6-16(13-3-4-13)15(10-14)8-12-2-7-18-17(9-12)26-11-19(33-18)24(30)31/h2,5-7,9-10,13,19-23,25-29H,3-4,8,11H2,1H3,(H,30,31)/t19?,20-,21-,22+,23+,25+/m1/s1. The number of rotatable bonds is 6. The number of methoxy groups -OCH3 is 1. The molecule has 6 atom stereocenters. The van der Waals surface area contributed by atoms with Crippen LogP contribution in [0, 0.1) is 0 Å². The molecule has 2 aromatic rings. The SMILES string of the molecule is CO[C@H]1O[C@@H](c2ccc(C3CC3)c(Cc3ccc4c(c3)NCC(C(=O)O)O4)c2)[C@H](O)[C@@H](O)[C@@H]1O. The third-order valence-corrected chi connectivity index (χ3v) is 6.78. The van der Waals surface area contributed by atoms with Crippen LogP contribution >= 0.6 is 0 Å². The van der Waals surface area contributed by atoms with E-state index in [0.717, 1.165) is 29.7 Å². The van der Waals surface area contributed by atoms with Gasteiger partial charge >= 0.3 is 5.97 Å². The van der Waals surface area contributed by atoms with E-state index in [-0.39, 0.29) is 6.54 Å². The molecule has 3 aliphatic rings. The number of fused-ring (bicyclic) bond motifs is 1. The van der Waals surface area contributed by atoms with Crippen molar-refractivity contribution in [3.05, 3.63) is 58.7 Å². The van der Waals surface area contributed by atoms with E-state index in [0.29, 0.717) is 23.7 Å². The first-order valence-electron chi connectivity index (χ1n) is 11.5. The fourth-order valence-corrected chi connectivity index (χ4v) is 4.75. The van der Waals surface area contributed by atoms with Crippen molar-refractivity contribution in [1.29, 1.82) is 0 Å². The zero-order valence-corrected chi connectivity index (χ0v) is 18.8. The van der Waals surface area contributed by atoms with Gasteiger partial charge in [0.1, 0.15) is 30.2 Å². The summed E-state index contributed by atoms with van der Waals surface area (Å²) in [6.45, 7) is 0.195. The number of anilines is 1. The Hall–Kier alpha value is -2.69. The minimum Gasteiger partial charge on any atom is -0.478 e. The van der Waals surface area contributed by atoms with Crippen molar-refractivity contribution in [2.45, 2.75) is 62.0 Å². The first-order valence-corrected chi connectivity index (χ1v) is 11.5. The molecule has 0 spiro atoms.